The van der Waals surface area contributed by atoms with E-state index in [1.165, 1.54) is 6.42 Å². The Hall–Kier alpha value is -0.600. The van der Waals surface area contributed by atoms with E-state index in [4.69, 9.17) is 18.9 Å². The van der Waals surface area contributed by atoms with Crippen LogP contribution in [0.1, 0.15) is 46.5 Å². The fourth-order valence-corrected chi connectivity index (χ4v) is 1.93. The molecular formula is C16H28O4. The van der Waals surface area contributed by atoms with Crippen LogP contribution in [0.4, 0.5) is 0 Å². The van der Waals surface area contributed by atoms with Gasteiger partial charge in [-0.3, -0.25) is 0 Å². The second kappa shape index (κ2) is 9.36. The van der Waals surface area contributed by atoms with Crippen LogP contribution in [-0.4, -0.2) is 44.9 Å². The van der Waals surface area contributed by atoms with Crippen LogP contribution >= 0.6 is 0 Å². The smallest absolute Gasteiger partial charge is 0.163 e. The van der Waals surface area contributed by atoms with Crippen molar-refractivity contribution < 1.29 is 18.9 Å². The molecule has 2 atom stereocenters. The molecule has 1 saturated heterocycles. The molecule has 2 unspecified atom stereocenters. The summed E-state index contributed by atoms with van der Waals surface area (Å²) in [6.07, 6.45) is 4.07. The van der Waals surface area contributed by atoms with Crippen molar-refractivity contribution in [2.24, 2.45) is 0 Å². The first-order valence-corrected chi connectivity index (χ1v) is 7.45. The second-order valence-electron chi connectivity index (χ2n) is 5.51. The van der Waals surface area contributed by atoms with Crippen molar-refractivity contribution in [3.63, 3.8) is 0 Å². The zero-order valence-electron chi connectivity index (χ0n) is 13.2. The van der Waals surface area contributed by atoms with Crippen molar-refractivity contribution in [2.75, 3.05) is 26.9 Å². The van der Waals surface area contributed by atoms with E-state index in [1.54, 1.807) is 7.11 Å². The molecule has 116 valence electrons. The van der Waals surface area contributed by atoms with Gasteiger partial charge in [0.25, 0.3) is 0 Å². The van der Waals surface area contributed by atoms with E-state index in [9.17, 15) is 0 Å². The molecule has 0 radical (unpaired) electrons. The molecule has 0 amide bonds. The van der Waals surface area contributed by atoms with Gasteiger partial charge in [0.1, 0.15) is 6.10 Å². The van der Waals surface area contributed by atoms with E-state index in [0.717, 1.165) is 12.8 Å². The van der Waals surface area contributed by atoms with Gasteiger partial charge in [-0.1, -0.05) is 13.3 Å². The number of hydrogen-bond donors (Lipinski definition) is 0. The summed E-state index contributed by atoms with van der Waals surface area (Å²) in [5, 5.41) is 0. The Morgan fingerprint density at radius 1 is 1.35 bits per heavy atom. The van der Waals surface area contributed by atoms with E-state index in [2.05, 4.69) is 18.8 Å². The predicted molar refractivity (Wildman–Crippen MR) is 78.4 cm³/mol. The van der Waals surface area contributed by atoms with Gasteiger partial charge in [-0.25, -0.2) is 0 Å². The maximum atomic E-state index is 5.67. The van der Waals surface area contributed by atoms with Gasteiger partial charge in [-0.15, -0.1) is 11.8 Å². The van der Waals surface area contributed by atoms with Crippen molar-refractivity contribution in [3.05, 3.63) is 0 Å². The lowest BCUT2D eigenvalue weighted by Gasteiger charge is -2.18. The van der Waals surface area contributed by atoms with E-state index in [1.807, 2.05) is 13.8 Å². The molecule has 0 aromatic heterocycles. The Kier molecular flexibility index (Phi) is 8.16. The summed E-state index contributed by atoms with van der Waals surface area (Å²) in [6, 6.07) is 0. The van der Waals surface area contributed by atoms with Crippen LogP contribution in [0, 0.1) is 11.8 Å². The average Bonchev–Trinajstić information content (AvgIpc) is 2.76. The largest absolute Gasteiger partial charge is 0.378 e. The zero-order valence-corrected chi connectivity index (χ0v) is 13.2. The first-order chi connectivity index (χ1) is 9.57. The predicted octanol–water partition coefficient (Wildman–Crippen LogP) is 2.75. The Balaban J connectivity index is 2.13. The summed E-state index contributed by atoms with van der Waals surface area (Å²) < 4.78 is 22.2. The maximum absolute atomic E-state index is 5.67. The highest BCUT2D eigenvalue weighted by molar-refractivity contribution is 5.00. The Morgan fingerprint density at radius 3 is 2.75 bits per heavy atom. The number of ether oxygens (including phenoxy) is 4. The van der Waals surface area contributed by atoms with Gasteiger partial charge in [-0.2, -0.15) is 0 Å². The summed E-state index contributed by atoms with van der Waals surface area (Å²) in [6.45, 7) is 7.66. The van der Waals surface area contributed by atoms with Crippen LogP contribution < -0.4 is 0 Å². The summed E-state index contributed by atoms with van der Waals surface area (Å²) in [4.78, 5) is 0. The molecule has 1 fully saturated rings. The fraction of sp³-hybridized carbons (Fsp3) is 0.875. The molecule has 0 spiro atoms. The summed E-state index contributed by atoms with van der Waals surface area (Å²) in [7, 11) is 1.69. The van der Waals surface area contributed by atoms with Gasteiger partial charge in [-0.05, 0) is 20.3 Å². The van der Waals surface area contributed by atoms with E-state index < -0.39 is 5.79 Å². The van der Waals surface area contributed by atoms with Gasteiger partial charge in [0.05, 0.1) is 25.9 Å². The van der Waals surface area contributed by atoms with Gasteiger partial charge in [0, 0.05) is 20.0 Å². The molecule has 4 heteroatoms. The summed E-state index contributed by atoms with van der Waals surface area (Å²) >= 11 is 0. The van der Waals surface area contributed by atoms with E-state index in [0.29, 0.717) is 26.2 Å². The third-order valence-corrected chi connectivity index (χ3v) is 3.12. The van der Waals surface area contributed by atoms with Crippen molar-refractivity contribution in [3.8, 4) is 11.8 Å². The minimum absolute atomic E-state index is 0.0122. The van der Waals surface area contributed by atoms with Crippen LogP contribution in [0.25, 0.3) is 0 Å². The molecule has 0 bridgehead atoms. The molecular weight excluding hydrogens is 256 g/mol. The lowest BCUT2D eigenvalue weighted by molar-refractivity contribution is -0.146. The maximum Gasteiger partial charge on any atom is 0.163 e. The van der Waals surface area contributed by atoms with Gasteiger partial charge >= 0.3 is 0 Å². The van der Waals surface area contributed by atoms with Crippen LogP contribution in [0.2, 0.25) is 0 Å². The minimum atomic E-state index is -0.487. The molecule has 4 nitrogen and oxygen atoms in total. The third-order valence-electron chi connectivity index (χ3n) is 3.12. The molecule has 1 aliphatic rings. The highest BCUT2D eigenvalue weighted by Gasteiger charge is 2.32. The van der Waals surface area contributed by atoms with E-state index in [-0.39, 0.29) is 12.2 Å². The molecule has 0 aliphatic carbocycles. The second-order valence-corrected chi connectivity index (χ2v) is 5.51. The number of methoxy groups -OCH3 is 1. The molecule has 20 heavy (non-hydrogen) atoms. The normalized spacial score (nSPS) is 22.3. The van der Waals surface area contributed by atoms with Crippen molar-refractivity contribution in [2.45, 2.75) is 64.4 Å². The first-order valence-electron chi connectivity index (χ1n) is 7.45. The van der Waals surface area contributed by atoms with Crippen LogP contribution in [0.5, 0.6) is 0 Å². The standard InChI is InChI=1S/C16H28O4/c1-5-6-7-8-9-10-14(17-4)11-18-12-15-13-19-16(2,3)20-15/h14-15H,5-7,10-13H2,1-4H3. The van der Waals surface area contributed by atoms with Gasteiger partial charge in [0.15, 0.2) is 5.79 Å². The molecule has 0 saturated carbocycles. The van der Waals surface area contributed by atoms with Gasteiger partial charge < -0.3 is 18.9 Å². The van der Waals surface area contributed by atoms with Crippen molar-refractivity contribution in [1.82, 2.24) is 0 Å². The SMILES string of the molecule is CCCCC#CCC(COCC1COC(C)(C)O1)OC. The molecule has 0 aromatic carbocycles. The quantitative estimate of drug-likeness (QED) is 0.507. The first kappa shape index (κ1) is 17.5. The summed E-state index contributed by atoms with van der Waals surface area (Å²) in [5.41, 5.74) is 0. The lowest BCUT2D eigenvalue weighted by atomic mass is 10.2. The molecule has 0 N–H and O–H groups in total. The number of rotatable bonds is 8. The highest BCUT2D eigenvalue weighted by atomic mass is 16.7. The molecule has 1 aliphatic heterocycles. The monoisotopic (exact) mass is 284 g/mol. The topological polar surface area (TPSA) is 36.9 Å². The molecule has 1 rings (SSSR count). The lowest BCUT2D eigenvalue weighted by Crippen LogP contribution is -2.26. The van der Waals surface area contributed by atoms with Crippen LogP contribution in [0.3, 0.4) is 0 Å². The Bertz CT molecular complexity index is 316. The fourth-order valence-electron chi connectivity index (χ4n) is 1.93. The van der Waals surface area contributed by atoms with Crippen molar-refractivity contribution in [1.29, 1.82) is 0 Å². The Morgan fingerprint density at radius 2 is 2.15 bits per heavy atom. The van der Waals surface area contributed by atoms with Crippen LogP contribution in [0.15, 0.2) is 0 Å². The zero-order chi connectivity index (χ0) is 14.8. The van der Waals surface area contributed by atoms with Gasteiger partial charge in [0.2, 0.25) is 0 Å². The van der Waals surface area contributed by atoms with E-state index >= 15 is 0 Å². The number of hydrogen-bond acceptors (Lipinski definition) is 4. The minimum Gasteiger partial charge on any atom is -0.378 e. The van der Waals surface area contributed by atoms with Crippen molar-refractivity contribution >= 4 is 0 Å². The average molecular weight is 284 g/mol. The molecule has 1 heterocycles. The Labute approximate surface area is 123 Å². The van der Waals surface area contributed by atoms with Crippen LogP contribution in [-0.2, 0) is 18.9 Å². The molecule has 0 aromatic rings. The highest BCUT2D eigenvalue weighted by Crippen LogP contribution is 2.22. The third kappa shape index (κ3) is 7.25. The summed E-state index contributed by atoms with van der Waals surface area (Å²) in [5.74, 6) is 5.83. The number of unbranched alkanes of at least 4 members (excludes halogenated alkanes) is 2.